The Morgan fingerprint density at radius 3 is 2.07 bits per heavy atom. The second kappa shape index (κ2) is 12.7. The Bertz CT molecular complexity index is 1710. The number of alkyl halides is 9. The van der Waals surface area contributed by atoms with E-state index in [1.54, 1.807) is 30.3 Å². The summed E-state index contributed by atoms with van der Waals surface area (Å²) in [6.45, 7) is 3.89. The Balaban J connectivity index is 1.44. The van der Waals surface area contributed by atoms with Crippen molar-refractivity contribution in [2.75, 3.05) is 5.32 Å². The second-order valence-corrected chi connectivity index (χ2v) is 10.5. The highest BCUT2D eigenvalue weighted by molar-refractivity contribution is 7.80. The maximum Gasteiger partial charge on any atom is 0.457 e. The molecule has 17 heteroatoms. The number of anilines is 1. The van der Waals surface area contributed by atoms with E-state index in [0.717, 1.165) is 16.6 Å². The molecule has 4 rings (SSSR count). The van der Waals surface area contributed by atoms with Crippen LogP contribution >= 0.6 is 12.2 Å². The van der Waals surface area contributed by atoms with Gasteiger partial charge in [-0.1, -0.05) is 56.3 Å². The quantitative estimate of drug-likeness (QED) is 0.0849. The minimum absolute atomic E-state index is 0.0967. The van der Waals surface area contributed by atoms with E-state index in [1.807, 2.05) is 13.8 Å². The third-order valence-electron chi connectivity index (χ3n) is 6.63. The van der Waals surface area contributed by atoms with Gasteiger partial charge in [-0.25, -0.2) is 18.4 Å². The van der Waals surface area contributed by atoms with Gasteiger partial charge in [0.15, 0.2) is 10.9 Å². The molecule has 0 aliphatic carbocycles. The lowest BCUT2D eigenvalue weighted by Gasteiger charge is -2.36. The molecule has 1 heterocycles. The molecule has 0 bridgehead atoms. The van der Waals surface area contributed by atoms with Crippen molar-refractivity contribution in [2.24, 2.45) is 5.10 Å². The van der Waals surface area contributed by atoms with Crippen LogP contribution in [0.1, 0.15) is 36.5 Å². The summed E-state index contributed by atoms with van der Waals surface area (Å²) in [6, 6.07) is 12.5. The fourth-order valence-electron chi connectivity index (χ4n) is 4.26. The molecule has 244 valence electrons. The summed E-state index contributed by atoms with van der Waals surface area (Å²) in [5, 5.41) is 11.2. The van der Waals surface area contributed by atoms with Crippen molar-refractivity contribution >= 4 is 29.2 Å². The lowest BCUT2D eigenvalue weighted by atomic mass is 9.87. The molecule has 3 aromatic carbocycles. The SMILES string of the molecule is CC(C)c1ccc(F)cc1NC(=S)NN=Cc1ccc(-c2ncn(-c3ccc(C(F)(C(F)(F)F)C(F)(F)C(F)(F)F)cc3)n2)cc1. The minimum Gasteiger partial charge on any atom is -0.331 e. The number of aromatic nitrogens is 3. The van der Waals surface area contributed by atoms with Crippen molar-refractivity contribution in [1.82, 2.24) is 20.2 Å². The Hall–Kier alpha value is -4.54. The van der Waals surface area contributed by atoms with Crippen LogP contribution in [0.3, 0.4) is 0 Å². The third kappa shape index (κ3) is 6.83. The van der Waals surface area contributed by atoms with Gasteiger partial charge in [-0.2, -0.15) is 40.2 Å². The van der Waals surface area contributed by atoms with Crippen molar-refractivity contribution in [2.45, 2.75) is 43.7 Å². The zero-order valence-corrected chi connectivity index (χ0v) is 24.4. The summed E-state index contributed by atoms with van der Waals surface area (Å²) in [5.74, 6) is -6.98. The van der Waals surface area contributed by atoms with Crippen LogP contribution in [0.25, 0.3) is 17.1 Å². The van der Waals surface area contributed by atoms with E-state index >= 15 is 0 Å². The first-order valence-electron chi connectivity index (χ1n) is 13.1. The Labute approximate surface area is 260 Å². The number of thiocarbonyl (C=S) groups is 1. The molecule has 0 aliphatic heterocycles. The van der Waals surface area contributed by atoms with Gasteiger partial charge < -0.3 is 5.32 Å². The summed E-state index contributed by atoms with van der Waals surface area (Å²) in [4.78, 5) is 4.06. The van der Waals surface area contributed by atoms with Gasteiger partial charge in [0.25, 0.3) is 0 Å². The average Bonchev–Trinajstić information content (AvgIpc) is 3.46. The number of nitrogens with zero attached hydrogens (tertiary/aromatic N) is 4. The molecule has 2 N–H and O–H groups in total. The molecule has 0 spiro atoms. The molecule has 1 aromatic heterocycles. The van der Waals surface area contributed by atoms with Gasteiger partial charge in [0.2, 0.25) is 0 Å². The molecule has 6 nitrogen and oxygen atoms in total. The van der Waals surface area contributed by atoms with E-state index in [-0.39, 0.29) is 34.7 Å². The van der Waals surface area contributed by atoms with Crippen LogP contribution in [0.4, 0.5) is 49.6 Å². The van der Waals surface area contributed by atoms with Crippen molar-refractivity contribution in [1.29, 1.82) is 0 Å². The zero-order chi connectivity index (χ0) is 34.1. The molecular formula is C29H22F10N6S. The van der Waals surface area contributed by atoms with Crippen molar-refractivity contribution in [3.8, 4) is 17.1 Å². The number of benzene rings is 3. The van der Waals surface area contributed by atoms with E-state index in [4.69, 9.17) is 12.2 Å². The van der Waals surface area contributed by atoms with E-state index in [0.29, 0.717) is 28.9 Å². The largest absolute Gasteiger partial charge is 0.457 e. The molecule has 0 amide bonds. The van der Waals surface area contributed by atoms with Crippen molar-refractivity contribution in [3.05, 3.63) is 95.6 Å². The predicted molar refractivity (Wildman–Crippen MR) is 154 cm³/mol. The Morgan fingerprint density at radius 2 is 1.50 bits per heavy atom. The summed E-state index contributed by atoms with van der Waals surface area (Å²) >= 11 is 5.22. The molecule has 0 fully saturated rings. The molecule has 0 radical (unpaired) electrons. The van der Waals surface area contributed by atoms with Gasteiger partial charge in [0, 0.05) is 16.8 Å². The van der Waals surface area contributed by atoms with Crippen molar-refractivity contribution in [3.63, 3.8) is 0 Å². The van der Waals surface area contributed by atoms with Crippen LogP contribution in [-0.4, -0.2) is 44.4 Å². The van der Waals surface area contributed by atoms with Gasteiger partial charge >= 0.3 is 23.9 Å². The summed E-state index contributed by atoms with van der Waals surface area (Å²) in [6.07, 6.45) is -10.9. The molecule has 1 unspecified atom stereocenters. The molecule has 0 saturated heterocycles. The monoisotopic (exact) mass is 676 g/mol. The molecular weight excluding hydrogens is 654 g/mol. The van der Waals surface area contributed by atoms with E-state index in [1.165, 1.54) is 18.3 Å². The van der Waals surface area contributed by atoms with Crippen LogP contribution in [0, 0.1) is 5.82 Å². The average molecular weight is 677 g/mol. The van der Waals surface area contributed by atoms with Crippen LogP contribution in [0.5, 0.6) is 0 Å². The number of halogens is 10. The zero-order valence-electron chi connectivity index (χ0n) is 23.6. The van der Waals surface area contributed by atoms with Crippen LogP contribution in [0.2, 0.25) is 0 Å². The first-order valence-corrected chi connectivity index (χ1v) is 13.5. The normalized spacial score (nSPS) is 14.0. The van der Waals surface area contributed by atoms with Gasteiger partial charge in [-0.3, -0.25) is 5.43 Å². The number of hydrogen-bond acceptors (Lipinski definition) is 4. The standard InChI is InChI=1S/C29H22F10N6S/c1-16(2)22-12-9-20(30)13-23(22)42-25(46)43-41-14-17-3-5-18(6-4-17)24-40-15-45(44-24)21-10-7-19(8-11-21)26(31,28(34,35)36)27(32,33)29(37,38)39/h3-16H,1-2H3,(H2,42,43,46). The highest BCUT2D eigenvalue weighted by Gasteiger charge is 2.81. The number of hydrazone groups is 1. The lowest BCUT2D eigenvalue weighted by molar-refractivity contribution is -0.389. The molecule has 0 aliphatic rings. The maximum absolute atomic E-state index is 14.7. The third-order valence-corrected chi connectivity index (χ3v) is 6.83. The molecule has 46 heavy (non-hydrogen) atoms. The lowest BCUT2D eigenvalue weighted by Crippen LogP contribution is -2.59. The van der Waals surface area contributed by atoms with E-state index in [9.17, 15) is 43.9 Å². The Morgan fingerprint density at radius 1 is 0.870 bits per heavy atom. The Kier molecular flexibility index (Phi) is 9.47. The van der Waals surface area contributed by atoms with Crippen LogP contribution in [-0.2, 0) is 5.67 Å². The van der Waals surface area contributed by atoms with Gasteiger partial charge in [-0.05, 0) is 53.5 Å². The molecule has 1 atom stereocenters. The highest BCUT2D eigenvalue weighted by atomic mass is 32.1. The van der Waals surface area contributed by atoms with E-state index in [2.05, 4.69) is 25.9 Å². The topological polar surface area (TPSA) is 67.1 Å². The smallest absolute Gasteiger partial charge is 0.331 e. The van der Waals surface area contributed by atoms with E-state index < -0.39 is 35.3 Å². The summed E-state index contributed by atoms with van der Waals surface area (Å²) < 4.78 is 135. The van der Waals surface area contributed by atoms with Gasteiger partial charge in [0.1, 0.15) is 12.1 Å². The summed E-state index contributed by atoms with van der Waals surface area (Å²) in [7, 11) is 0. The van der Waals surface area contributed by atoms with Crippen LogP contribution in [0.15, 0.2) is 78.2 Å². The van der Waals surface area contributed by atoms with Gasteiger partial charge in [-0.15, -0.1) is 5.10 Å². The second-order valence-electron chi connectivity index (χ2n) is 10.1. The summed E-state index contributed by atoms with van der Waals surface area (Å²) in [5.41, 5.74) is -3.02. The first-order chi connectivity index (χ1) is 21.3. The van der Waals surface area contributed by atoms with Gasteiger partial charge in [0.05, 0.1) is 11.9 Å². The number of rotatable bonds is 8. The first kappa shape index (κ1) is 34.3. The molecule has 0 saturated carbocycles. The molecule has 4 aromatic rings. The maximum atomic E-state index is 14.7. The number of hydrogen-bond donors (Lipinski definition) is 2. The fraction of sp³-hybridized carbons (Fsp3) is 0.241. The van der Waals surface area contributed by atoms with Crippen LogP contribution < -0.4 is 10.7 Å². The minimum atomic E-state index is -6.82. The predicted octanol–water partition coefficient (Wildman–Crippen LogP) is 8.44. The highest BCUT2D eigenvalue weighted by Crippen LogP contribution is 2.58. The number of nitrogens with one attached hydrogen (secondary N) is 2. The van der Waals surface area contributed by atoms with Crippen molar-refractivity contribution < 1.29 is 43.9 Å². The fourth-order valence-corrected chi connectivity index (χ4v) is 4.42.